The average molecular weight is 376 g/mol. The highest BCUT2D eigenvalue weighted by atomic mass is 35.5. The van der Waals surface area contributed by atoms with E-state index in [4.69, 9.17) is 11.6 Å². The smallest absolute Gasteiger partial charge is 0.329 e. The van der Waals surface area contributed by atoms with E-state index in [0.29, 0.717) is 29.6 Å². The molecule has 2 atom stereocenters. The van der Waals surface area contributed by atoms with Crippen LogP contribution in [0.25, 0.3) is 0 Å². The van der Waals surface area contributed by atoms with E-state index in [9.17, 15) is 15.2 Å². The van der Waals surface area contributed by atoms with Gasteiger partial charge in [-0.25, -0.2) is 4.98 Å². The van der Waals surface area contributed by atoms with E-state index in [1.807, 2.05) is 4.90 Å². The standard InChI is InChI=1S/C17H18ClN5O3/c18-10-1-3-11(4-2-10)20-17-19-9-15(23(25)26)16(21-17)22-12-5-6-13(22)8-14(24)7-12/h1-4,9,12-14,24H,5-8H2,(H,19,20,21). The van der Waals surface area contributed by atoms with Gasteiger partial charge < -0.3 is 15.3 Å². The van der Waals surface area contributed by atoms with Gasteiger partial charge >= 0.3 is 5.69 Å². The van der Waals surface area contributed by atoms with Crippen molar-refractivity contribution in [1.82, 2.24) is 9.97 Å². The van der Waals surface area contributed by atoms with Crippen LogP contribution < -0.4 is 10.2 Å². The van der Waals surface area contributed by atoms with E-state index in [1.54, 1.807) is 24.3 Å². The second-order valence-electron chi connectivity index (χ2n) is 6.71. The van der Waals surface area contributed by atoms with Crippen molar-refractivity contribution in [3.05, 3.63) is 45.6 Å². The van der Waals surface area contributed by atoms with Crippen LogP contribution in [0.3, 0.4) is 0 Å². The lowest BCUT2D eigenvalue weighted by molar-refractivity contribution is -0.384. The Bertz CT molecular complexity index is 818. The molecule has 2 fully saturated rings. The molecule has 2 aliphatic rings. The molecule has 2 bridgehead atoms. The Labute approximate surface area is 155 Å². The van der Waals surface area contributed by atoms with Crippen molar-refractivity contribution in [2.75, 3.05) is 10.2 Å². The molecule has 2 saturated heterocycles. The van der Waals surface area contributed by atoms with Gasteiger partial charge in [-0.05, 0) is 49.9 Å². The second-order valence-corrected chi connectivity index (χ2v) is 7.15. The number of aliphatic hydroxyl groups excluding tert-OH is 1. The molecule has 0 saturated carbocycles. The molecule has 136 valence electrons. The number of aromatic nitrogens is 2. The van der Waals surface area contributed by atoms with Crippen LogP contribution in [0.1, 0.15) is 25.7 Å². The maximum atomic E-state index is 11.5. The Morgan fingerprint density at radius 3 is 2.50 bits per heavy atom. The molecule has 0 spiro atoms. The SMILES string of the molecule is O=[N+]([O-])c1cnc(Nc2ccc(Cl)cc2)nc1N1C2CCC1CC(O)C2. The average Bonchev–Trinajstić information content (AvgIpc) is 2.88. The predicted molar refractivity (Wildman–Crippen MR) is 98.0 cm³/mol. The predicted octanol–water partition coefficient (Wildman–Crippen LogP) is 3.27. The second kappa shape index (κ2) is 6.69. The van der Waals surface area contributed by atoms with Gasteiger partial charge in [-0.3, -0.25) is 10.1 Å². The van der Waals surface area contributed by atoms with Crippen molar-refractivity contribution in [2.24, 2.45) is 0 Å². The minimum absolute atomic E-state index is 0.0701. The van der Waals surface area contributed by atoms with E-state index in [-0.39, 0.29) is 23.9 Å². The molecule has 2 unspecified atom stereocenters. The topological polar surface area (TPSA) is 104 Å². The van der Waals surface area contributed by atoms with Crippen molar-refractivity contribution < 1.29 is 10.0 Å². The molecule has 0 radical (unpaired) electrons. The van der Waals surface area contributed by atoms with Crippen LogP contribution in [0.5, 0.6) is 0 Å². The van der Waals surface area contributed by atoms with Gasteiger partial charge in [-0.15, -0.1) is 0 Å². The third kappa shape index (κ3) is 3.17. The molecule has 1 aromatic carbocycles. The zero-order valence-electron chi connectivity index (χ0n) is 13.9. The van der Waals surface area contributed by atoms with E-state index in [0.717, 1.165) is 18.5 Å². The van der Waals surface area contributed by atoms with E-state index in [2.05, 4.69) is 15.3 Å². The van der Waals surface area contributed by atoms with Crippen LogP contribution in [0.4, 0.5) is 23.1 Å². The third-order valence-electron chi connectivity index (χ3n) is 5.00. The summed E-state index contributed by atoms with van der Waals surface area (Å²) >= 11 is 5.89. The summed E-state index contributed by atoms with van der Waals surface area (Å²) in [5.41, 5.74) is 0.631. The highest BCUT2D eigenvalue weighted by molar-refractivity contribution is 6.30. The summed E-state index contributed by atoms with van der Waals surface area (Å²) in [6, 6.07) is 7.19. The number of benzene rings is 1. The molecular formula is C17H18ClN5O3. The van der Waals surface area contributed by atoms with Gasteiger partial charge in [0.05, 0.1) is 11.0 Å². The summed E-state index contributed by atoms with van der Waals surface area (Å²) in [5.74, 6) is 0.610. The van der Waals surface area contributed by atoms with Crippen LogP contribution in [-0.4, -0.2) is 38.2 Å². The highest BCUT2D eigenvalue weighted by Gasteiger charge is 2.43. The van der Waals surface area contributed by atoms with Crippen LogP contribution in [0, 0.1) is 10.1 Å². The molecule has 2 aliphatic heterocycles. The lowest BCUT2D eigenvalue weighted by atomic mass is 10.00. The Hall–Kier alpha value is -2.45. The molecule has 9 heteroatoms. The summed E-state index contributed by atoms with van der Waals surface area (Å²) in [5, 5.41) is 25.1. The number of nitro groups is 1. The molecule has 0 amide bonds. The van der Waals surface area contributed by atoms with Crippen molar-refractivity contribution in [2.45, 2.75) is 43.9 Å². The Balaban J connectivity index is 1.68. The van der Waals surface area contributed by atoms with Gasteiger partial charge in [0.25, 0.3) is 0 Å². The zero-order chi connectivity index (χ0) is 18.3. The first kappa shape index (κ1) is 17.0. The lowest BCUT2D eigenvalue weighted by Gasteiger charge is -2.37. The fourth-order valence-corrected chi connectivity index (χ4v) is 4.03. The van der Waals surface area contributed by atoms with E-state index < -0.39 is 4.92 Å². The van der Waals surface area contributed by atoms with Crippen LogP contribution in [0.2, 0.25) is 5.02 Å². The Morgan fingerprint density at radius 2 is 1.88 bits per heavy atom. The van der Waals surface area contributed by atoms with Gasteiger partial charge in [-0.2, -0.15) is 4.98 Å². The molecule has 0 aliphatic carbocycles. The molecule has 8 nitrogen and oxygen atoms in total. The number of fused-ring (bicyclic) bond motifs is 2. The Kier molecular flexibility index (Phi) is 4.37. The van der Waals surface area contributed by atoms with E-state index in [1.165, 1.54) is 6.20 Å². The number of hydrogen-bond donors (Lipinski definition) is 2. The van der Waals surface area contributed by atoms with Crippen molar-refractivity contribution in [3.63, 3.8) is 0 Å². The minimum Gasteiger partial charge on any atom is -0.393 e. The first-order valence-corrected chi connectivity index (χ1v) is 8.89. The van der Waals surface area contributed by atoms with Gasteiger partial charge in [0.2, 0.25) is 11.8 Å². The lowest BCUT2D eigenvalue weighted by Crippen LogP contribution is -2.45. The monoisotopic (exact) mass is 375 g/mol. The molecule has 26 heavy (non-hydrogen) atoms. The normalized spacial score (nSPS) is 24.5. The number of piperidine rings is 1. The molecule has 2 aromatic rings. The number of rotatable bonds is 4. The molecule has 4 rings (SSSR count). The Morgan fingerprint density at radius 1 is 1.23 bits per heavy atom. The fraction of sp³-hybridized carbons (Fsp3) is 0.412. The summed E-state index contributed by atoms with van der Waals surface area (Å²) < 4.78 is 0. The summed E-state index contributed by atoms with van der Waals surface area (Å²) in [7, 11) is 0. The number of anilines is 3. The summed E-state index contributed by atoms with van der Waals surface area (Å²) in [6.45, 7) is 0. The highest BCUT2D eigenvalue weighted by Crippen LogP contribution is 2.42. The number of nitrogens with zero attached hydrogens (tertiary/aromatic N) is 4. The molecule has 2 N–H and O–H groups in total. The first-order valence-electron chi connectivity index (χ1n) is 8.51. The zero-order valence-corrected chi connectivity index (χ0v) is 14.6. The van der Waals surface area contributed by atoms with Gasteiger partial charge in [-0.1, -0.05) is 11.6 Å². The van der Waals surface area contributed by atoms with E-state index >= 15 is 0 Å². The fourth-order valence-electron chi connectivity index (χ4n) is 3.90. The summed E-state index contributed by atoms with van der Waals surface area (Å²) in [4.78, 5) is 21.6. The maximum Gasteiger partial charge on any atom is 0.329 e. The quantitative estimate of drug-likeness (QED) is 0.624. The molecule has 3 heterocycles. The largest absolute Gasteiger partial charge is 0.393 e. The van der Waals surface area contributed by atoms with Gasteiger partial charge in [0, 0.05) is 22.8 Å². The summed E-state index contributed by atoms with van der Waals surface area (Å²) in [6.07, 6.45) is 3.92. The van der Waals surface area contributed by atoms with Gasteiger partial charge in [0.1, 0.15) is 6.20 Å². The minimum atomic E-state index is -0.453. The molecule has 1 aromatic heterocycles. The number of nitrogens with one attached hydrogen (secondary N) is 1. The number of aliphatic hydroxyl groups is 1. The third-order valence-corrected chi connectivity index (χ3v) is 5.25. The van der Waals surface area contributed by atoms with Crippen molar-refractivity contribution in [3.8, 4) is 0 Å². The van der Waals surface area contributed by atoms with Crippen molar-refractivity contribution in [1.29, 1.82) is 0 Å². The van der Waals surface area contributed by atoms with Gasteiger partial charge in [0.15, 0.2) is 0 Å². The molecular weight excluding hydrogens is 358 g/mol. The van der Waals surface area contributed by atoms with Crippen LogP contribution >= 0.6 is 11.6 Å². The van der Waals surface area contributed by atoms with Crippen molar-refractivity contribution >= 4 is 34.7 Å². The maximum absolute atomic E-state index is 11.5. The van der Waals surface area contributed by atoms with Crippen LogP contribution in [-0.2, 0) is 0 Å². The number of halogens is 1. The first-order chi connectivity index (χ1) is 12.5. The van der Waals surface area contributed by atoms with Crippen LogP contribution in [0.15, 0.2) is 30.5 Å². The number of hydrogen-bond acceptors (Lipinski definition) is 7.